The Morgan fingerprint density at radius 3 is 2.71 bits per heavy atom. The van der Waals surface area contributed by atoms with Crippen LogP contribution >= 0.6 is 23.1 Å². The van der Waals surface area contributed by atoms with Crippen molar-refractivity contribution in [3.05, 3.63) is 51.1 Å². The van der Waals surface area contributed by atoms with Crippen LogP contribution in [0.4, 0.5) is 0 Å². The molecule has 1 atom stereocenters. The van der Waals surface area contributed by atoms with Crippen molar-refractivity contribution in [3.63, 3.8) is 0 Å². The van der Waals surface area contributed by atoms with Crippen molar-refractivity contribution < 1.29 is 4.74 Å². The summed E-state index contributed by atoms with van der Waals surface area (Å²) in [4.78, 5) is 20.8. The Bertz CT molecular complexity index is 1070. The summed E-state index contributed by atoms with van der Waals surface area (Å²) >= 11 is 3.34. The van der Waals surface area contributed by atoms with E-state index in [0.29, 0.717) is 12.5 Å². The lowest BCUT2D eigenvalue weighted by molar-refractivity contribution is 0.00200. The number of thioether (sulfide) groups is 1. The molecule has 1 aromatic carbocycles. The first-order chi connectivity index (χ1) is 15.1. The molecule has 0 N–H and O–H groups in total. The van der Waals surface area contributed by atoms with Gasteiger partial charge < -0.3 is 4.74 Å². The van der Waals surface area contributed by atoms with Crippen LogP contribution in [-0.2, 0) is 17.8 Å². The van der Waals surface area contributed by atoms with Crippen LogP contribution in [0, 0.1) is 5.92 Å². The highest BCUT2D eigenvalue weighted by atomic mass is 32.2. The SMILES string of the molecule is CCCCCCCSc1nc2sc3c(c2c(=O)n1-c1ccccc1)C[C@@H](C(C)C)OC3. The van der Waals surface area contributed by atoms with Gasteiger partial charge in [-0.15, -0.1) is 11.3 Å². The Morgan fingerprint density at radius 1 is 1.19 bits per heavy atom. The van der Waals surface area contributed by atoms with Gasteiger partial charge in [-0.1, -0.05) is 76.4 Å². The number of para-hydroxylation sites is 1. The number of hydrogen-bond acceptors (Lipinski definition) is 5. The first kappa shape index (κ1) is 22.6. The molecular formula is C25H32N2O2S2. The molecular weight excluding hydrogens is 424 g/mol. The number of benzene rings is 1. The van der Waals surface area contributed by atoms with E-state index in [1.54, 1.807) is 23.1 Å². The van der Waals surface area contributed by atoms with Gasteiger partial charge >= 0.3 is 0 Å². The third-order valence-electron chi connectivity index (χ3n) is 5.95. The maximum Gasteiger partial charge on any atom is 0.267 e. The molecule has 0 unspecified atom stereocenters. The second-order valence-electron chi connectivity index (χ2n) is 8.61. The minimum atomic E-state index is 0.0617. The molecule has 0 aliphatic carbocycles. The van der Waals surface area contributed by atoms with Gasteiger partial charge in [0.1, 0.15) is 4.83 Å². The molecule has 1 aliphatic rings. The monoisotopic (exact) mass is 456 g/mol. The highest BCUT2D eigenvalue weighted by Crippen LogP contribution is 2.36. The second-order valence-corrected chi connectivity index (χ2v) is 10.8. The van der Waals surface area contributed by atoms with Gasteiger partial charge in [-0.3, -0.25) is 9.36 Å². The Kier molecular flexibility index (Phi) is 7.51. The number of unbranched alkanes of at least 4 members (excludes halogenated alkanes) is 4. The second kappa shape index (κ2) is 10.3. The molecule has 3 aromatic rings. The lowest BCUT2D eigenvalue weighted by Gasteiger charge is -2.26. The van der Waals surface area contributed by atoms with Gasteiger partial charge in [0, 0.05) is 17.1 Å². The Morgan fingerprint density at radius 2 is 1.97 bits per heavy atom. The van der Waals surface area contributed by atoms with Gasteiger partial charge in [0.25, 0.3) is 5.56 Å². The van der Waals surface area contributed by atoms with Crippen LogP contribution in [0.5, 0.6) is 0 Å². The lowest BCUT2D eigenvalue weighted by atomic mass is 9.96. The highest BCUT2D eigenvalue weighted by molar-refractivity contribution is 7.99. The molecule has 2 aromatic heterocycles. The quantitative estimate of drug-likeness (QED) is 0.206. The normalized spacial score (nSPS) is 16.2. The van der Waals surface area contributed by atoms with Crippen molar-refractivity contribution in [2.24, 2.45) is 5.92 Å². The summed E-state index contributed by atoms with van der Waals surface area (Å²) in [6.45, 7) is 7.19. The van der Waals surface area contributed by atoms with E-state index in [-0.39, 0.29) is 11.7 Å². The van der Waals surface area contributed by atoms with Crippen LogP contribution in [0.25, 0.3) is 15.9 Å². The summed E-state index contributed by atoms with van der Waals surface area (Å²) in [5, 5.41) is 1.60. The van der Waals surface area contributed by atoms with Crippen molar-refractivity contribution in [2.45, 2.75) is 77.2 Å². The van der Waals surface area contributed by atoms with Crippen molar-refractivity contribution in [1.29, 1.82) is 0 Å². The Hall–Kier alpha value is -1.63. The molecule has 0 spiro atoms. The number of rotatable bonds is 9. The van der Waals surface area contributed by atoms with E-state index in [4.69, 9.17) is 9.72 Å². The molecule has 0 bridgehead atoms. The first-order valence-corrected chi connectivity index (χ1v) is 13.3. The molecule has 0 fully saturated rings. The fourth-order valence-corrected chi connectivity index (χ4v) is 6.28. The molecule has 4 nitrogen and oxygen atoms in total. The van der Waals surface area contributed by atoms with E-state index >= 15 is 0 Å². The van der Waals surface area contributed by atoms with Crippen LogP contribution in [0.3, 0.4) is 0 Å². The Labute approximate surface area is 193 Å². The summed E-state index contributed by atoms with van der Waals surface area (Å²) in [6.07, 6.45) is 7.17. The average Bonchev–Trinajstić information content (AvgIpc) is 3.14. The fraction of sp³-hybridized carbons (Fsp3) is 0.520. The van der Waals surface area contributed by atoms with Crippen LogP contribution in [-0.4, -0.2) is 21.4 Å². The zero-order valence-corrected chi connectivity index (χ0v) is 20.4. The van der Waals surface area contributed by atoms with Gasteiger partial charge in [-0.05, 0) is 30.0 Å². The van der Waals surface area contributed by atoms with Crippen molar-refractivity contribution in [1.82, 2.24) is 9.55 Å². The molecule has 0 saturated heterocycles. The molecule has 0 amide bonds. The van der Waals surface area contributed by atoms with Gasteiger partial charge in [0.05, 0.1) is 23.8 Å². The largest absolute Gasteiger partial charge is 0.372 e. The van der Waals surface area contributed by atoms with Crippen molar-refractivity contribution in [3.8, 4) is 5.69 Å². The topological polar surface area (TPSA) is 44.1 Å². The number of aromatic nitrogens is 2. The zero-order valence-electron chi connectivity index (χ0n) is 18.7. The van der Waals surface area contributed by atoms with E-state index in [1.165, 1.54) is 25.7 Å². The lowest BCUT2D eigenvalue weighted by Crippen LogP contribution is -2.28. The van der Waals surface area contributed by atoms with Gasteiger partial charge in [0.2, 0.25) is 0 Å². The van der Waals surface area contributed by atoms with Crippen LogP contribution < -0.4 is 5.56 Å². The maximum absolute atomic E-state index is 13.8. The molecule has 3 heterocycles. The summed E-state index contributed by atoms with van der Waals surface area (Å²) in [5.41, 5.74) is 2.11. The average molecular weight is 457 g/mol. The molecule has 6 heteroatoms. The molecule has 0 saturated carbocycles. The standard InChI is InChI=1S/C25H32N2O2S2/c1-4-5-6-7-11-14-30-25-26-23-22(24(28)27(25)18-12-9-8-10-13-18)19-15-20(17(2)3)29-16-21(19)31-23/h8-10,12-13,17,20H,4-7,11,14-16H2,1-3H3/t20-/m0/s1. The molecule has 166 valence electrons. The highest BCUT2D eigenvalue weighted by Gasteiger charge is 2.28. The van der Waals surface area contributed by atoms with E-state index in [0.717, 1.165) is 50.1 Å². The van der Waals surface area contributed by atoms with E-state index in [1.807, 2.05) is 34.9 Å². The van der Waals surface area contributed by atoms with Crippen LogP contribution in [0.1, 0.15) is 63.3 Å². The minimum Gasteiger partial charge on any atom is -0.372 e. The minimum absolute atomic E-state index is 0.0617. The van der Waals surface area contributed by atoms with Crippen LogP contribution in [0.2, 0.25) is 0 Å². The predicted molar refractivity (Wildman–Crippen MR) is 132 cm³/mol. The molecule has 0 radical (unpaired) electrons. The number of hydrogen-bond donors (Lipinski definition) is 0. The number of thiophene rings is 1. The number of ether oxygens (including phenoxy) is 1. The Balaban J connectivity index is 1.72. The fourth-order valence-electron chi connectivity index (χ4n) is 4.11. The smallest absolute Gasteiger partial charge is 0.267 e. The first-order valence-electron chi connectivity index (χ1n) is 11.5. The molecule has 1 aliphatic heterocycles. The van der Waals surface area contributed by atoms with Gasteiger partial charge in [-0.2, -0.15) is 0 Å². The molecule has 4 rings (SSSR count). The summed E-state index contributed by atoms with van der Waals surface area (Å²) < 4.78 is 7.89. The van der Waals surface area contributed by atoms with Crippen molar-refractivity contribution in [2.75, 3.05) is 5.75 Å². The third kappa shape index (κ3) is 4.91. The molecule has 31 heavy (non-hydrogen) atoms. The zero-order chi connectivity index (χ0) is 21.8. The maximum atomic E-state index is 13.8. The predicted octanol–water partition coefficient (Wildman–Crippen LogP) is 6.61. The van der Waals surface area contributed by atoms with Gasteiger partial charge in [0.15, 0.2) is 5.16 Å². The summed E-state index contributed by atoms with van der Waals surface area (Å²) in [7, 11) is 0. The van der Waals surface area contributed by atoms with E-state index < -0.39 is 0 Å². The van der Waals surface area contributed by atoms with Gasteiger partial charge in [-0.25, -0.2) is 4.98 Å². The summed E-state index contributed by atoms with van der Waals surface area (Å²) in [5.74, 6) is 1.41. The van der Waals surface area contributed by atoms with E-state index in [9.17, 15) is 4.79 Å². The number of nitrogens with zero attached hydrogens (tertiary/aromatic N) is 2. The number of fused-ring (bicyclic) bond motifs is 3. The van der Waals surface area contributed by atoms with E-state index in [2.05, 4.69) is 20.8 Å². The third-order valence-corrected chi connectivity index (χ3v) is 8.07. The van der Waals surface area contributed by atoms with Crippen molar-refractivity contribution >= 4 is 33.3 Å². The van der Waals surface area contributed by atoms with Crippen LogP contribution in [0.15, 0.2) is 40.3 Å². The summed E-state index contributed by atoms with van der Waals surface area (Å²) in [6, 6.07) is 9.95.